The SMILES string of the molecule is FC(F)(F)c1ccc(OCC2CNc3ccccc3C2)cc1. The summed E-state index contributed by atoms with van der Waals surface area (Å²) in [7, 11) is 0. The molecule has 0 bridgehead atoms. The Bertz CT molecular complexity index is 637. The molecular formula is C17H16F3NO. The van der Waals surface area contributed by atoms with Crippen LogP contribution in [-0.2, 0) is 12.6 Å². The maximum absolute atomic E-state index is 12.5. The van der Waals surface area contributed by atoms with Crippen LogP contribution < -0.4 is 10.1 Å². The zero-order valence-electron chi connectivity index (χ0n) is 11.9. The molecule has 2 aromatic rings. The minimum absolute atomic E-state index is 0.303. The van der Waals surface area contributed by atoms with Crippen molar-refractivity contribution in [3.05, 3.63) is 59.7 Å². The van der Waals surface area contributed by atoms with E-state index in [-0.39, 0.29) is 0 Å². The molecule has 0 fully saturated rings. The van der Waals surface area contributed by atoms with Crippen molar-refractivity contribution in [3.8, 4) is 5.75 Å². The summed E-state index contributed by atoms with van der Waals surface area (Å²) >= 11 is 0. The smallest absolute Gasteiger partial charge is 0.416 e. The Kier molecular flexibility index (Phi) is 3.96. The fourth-order valence-electron chi connectivity index (χ4n) is 2.58. The second-order valence-corrected chi connectivity index (χ2v) is 5.44. The first-order valence-corrected chi connectivity index (χ1v) is 7.14. The predicted molar refractivity (Wildman–Crippen MR) is 79.1 cm³/mol. The molecule has 0 spiro atoms. The maximum Gasteiger partial charge on any atom is 0.416 e. The molecule has 1 aliphatic heterocycles. The van der Waals surface area contributed by atoms with Gasteiger partial charge in [-0.3, -0.25) is 0 Å². The molecule has 1 atom stereocenters. The van der Waals surface area contributed by atoms with E-state index in [1.807, 2.05) is 18.2 Å². The molecule has 1 heterocycles. The van der Waals surface area contributed by atoms with Crippen molar-refractivity contribution in [1.29, 1.82) is 0 Å². The molecule has 2 aromatic carbocycles. The molecule has 0 saturated heterocycles. The third-order valence-electron chi connectivity index (χ3n) is 3.77. The summed E-state index contributed by atoms with van der Waals surface area (Å²) in [6, 6.07) is 12.9. The number of rotatable bonds is 3. The lowest BCUT2D eigenvalue weighted by Crippen LogP contribution is -2.27. The Labute approximate surface area is 126 Å². The lowest BCUT2D eigenvalue weighted by Gasteiger charge is -2.26. The van der Waals surface area contributed by atoms with Crippen LogP contribution in [0.15, 0.2) is 48.5 Å². The normalized spacial score (nSPS) is 17.5. The van der Waals surface area contributed by atoms with E-state index in [1.165, 1.54) is 17.7 Å². The number of hydrogen-bond acceptors (Lipinski definition) is 2. The molecule has 0 aliphatic carbocycles. The van der Waals surface area contributed by atoms with Crippen LogP contribution in [0.25, 0.3) is 0 Å². The summed E-state index contributed by atoms with van der Waals surface area (Å²) in [5, 5.41) is 3.35. The van der Waals surface area contributed by atoms with E-state index >= 15 is 0 Å². The number of nitrogens with one attached hydrogen (secondary N) is 1. The highest BCUT2D eigenvalue weighted by Gasteiger charge is 2.30. The molecule has 1 aliphatic rings. The Hall–Kier alpha value is -2.17. The van der Waals surface area contributed by atoms with Crippen LogP contribution in [0.4, 0.5) is 18.9 Å². The molecular weight excluding hydrogens is 291 g/mol. The quantitative estimate of drug-likeness (QED) is 0.909. The third kappa shape index (κ3) is 3.35. The van der Waals surface area contributed by atoms with Gasteiger partial charge in [-0.1, -0.05) is 18.2 Å². The van der Waals surface area contributed by atoms with Gasteiger partial charge in [0.25, 0.3) is 0 Å². The minimum atomic E-state index is -4.31. The van der Waals surface area contributed by atoms with Gasteiger partial charge < -0.3 is 10.1 Å². The van der Waals surface area contributed by atoms with Crippen molar-refractivity contribution in [3.63, 3.8) is 0 Å². The van der Waals surface area contributed by atoms with E-state index in [0.29, 0.717) is 18.3 Å². The van der Waals surface area contributed by atoms with E-state index in [1.54, 1.807) is 0 Å². The highest BCUT2D eigenvalue weighted by Crippen LogP contribution is 2.30. The second kappa shape index (κ2) is 5.91. The average molecular weight is 307 g/mol. The lowest BCUT2D eigenvalue weighted by molar-refractivity contribution is -0.137. The topological polar surface area (TPSA) is 21.3 Å². The largest absolute Gasteiger partial charge is 0.493 e. The summed E-state index contributed by atoms with van der Waals surface area (Å²) in [5.74, 6) is 0.768. The van der Waals surface area contributed by atoms with Crippen LogP contribution in [0.1, 0.15) is 11.1 Å². The van der Waals surface area contributed by atoms with Gasteiger partial charge in [0.2, 0.25) is 0 Å². The van der Waals surface area contributed by atoms with Crippen molar-refractivity contribution in [2.75, 3.05) is 18.5 Å². The van der Waals surface area contributed by atoms with E-state index < -0.39 is 11.7 Å². The van der Waals surface area contributed by atoms with Crippen LogP contribution in [-0.4, -0.2) is 13.2 Å². The van der Waals surface area contributed by atoms with Crippen molar-refractivity contribution in [2.24, 2.45) is 5.92 Å². The van der Waals surface area contributed by atoms with Gasteiger partial charge in [0.1, 0.15) is 5.75 Å². The molecule has 1 unspecified atom stereocenters. The van der Waals surface area contributed by atoms with Gasteiger partial charge in [0, 0.05) is 18.2 Å². The number of anilines is 1. The number of benzene rings is 2. The molecule has 22 heavy (non-hydrogen) atoms. The number of para-hydroxylation sites is 1. The summed E-state index contributed by atoms with van der Waals surface area (Å²) in [5.41, 5.74) is 1.73. The zero-order chi connectivity index (χ0) is 15.6. The fraction of sp³-hybridized carbons (Fsp3) is 0.294. The van der Waals surface area contributed by atoms with E-state index in [9.17, 15) is 13.2 Å². The lowest BCUT2D eigenvalue weighted by atomic mass is 9.95. The van der Waals surface area contributed by atoms with E-state index in [2.05, 4.69) is 11.4 Å². The first-order chi connectivity index (χ1) is 10.5. The molecule has 3 rings (SSSR count). The fourth-order valence-corrected chi connectivity index (χ4v) is 2.58. The Morgan fingerprint density at radius 2 is 1.77 bits per heavy atom. The summed E-state index contributed by atoms with van der Waals surface area (Å²) in [4.78, 5) is 0. The first-order valence-electron chi connectivity index (χ1n) is 7.14. The monoisotopic (exact) mass is 307 g/mol. The van der Waals surface area contributed by atoms with Gasteiger partial charge in [-0.15, -0.1) is 0 Å². The van der Waals surface area contributed by atoms with Gasteiger partial charge in [-0.25, -0.2) is 0 Å². The number of ether oxygens (including phenoxy) is 1. The molecule has 5 heteroatoms. The summed E-state index contributed by atoms with van der Waals surface area (Å²) < 4.78 is 43.1. The highest BCUT2D eigenvalue weighted by molar-refractivity contribution is 5.53. The summed E-state index contributed by atoms with van der Waals surface area (Å²) in [6.45, 7) is 1.28. The maximum atomic E-state index is 12.5. The molecule has 116 valence electrons. The number of fused-ring (bicyclic) bond motifs is 1. The number of alkyl halides is 3. The molecule has 1 N–H and O–H groups in total. The zero-order valence-corrected chi connectivity index (χ0v) is 11.9. The van der Waals surface area contributed by atoms with Gasteiger partial charge >= 0.3 is 6.18 Å². The molecule has 0 radical (unpaired) electrons. The van der Waals surface area contributed by atoms with Crippen molar-refractivity contribution in [1.82, 2.24) is 0 Å². The van der Waals surface area contributed by atoms with Crippen LogP contribution in [0.3, 0.4) is 0 Å². The van der Waals surface area contributed by atoms with Gasteiger partial charge in [-0.05, 0) is 42.3 Å². The molecule has 0 saturated carbocycles. The van der Waals surface area contributed by atoms with Gasteiger partial charge in [0.05, 0.1) is 12.2 Å². The standard InChI is InChI=1S/C17H16F3NO/c18-17(19,20)14-5-7-15(8-6-14)22-11-12-9-13-3-1-2-4-16(13)21-10-12/h1-8,12,21H,9-11H2. The average Bonchev–Trinajstić information content (AvgIpc) is 2.52. The Balaban J connectivity index is 1.57. The second-order valence-electron chi connectivity index (χ2n) is 5.44. The molecule has 0 amide bonds. The molecule has 2 nitrogen and oxygen atoms in total. The van der Waals surface area contributed by atoms with Crippen molar-refractivity contribution < 1.29 is 17.9 Å². The van der Waals surface area contributed by atoms with Crippen molar-refractivity contribution in [2.45, 2.75) is 12.6 Å². The van der Waals surface area contributed by atoms with Crippen LogP contribution in [0.2, 0.25) is 0 Å². The third-order valence-corrected chi connectivity index (χ3v) is 3.77. The van der Waals surface area contributed by atoms with Gasteiger partial charge in [0.15, 0.2) is 0 Å². The summed E-state index contributed by atoms with van der Waals surface area (Å²) in [6.07, 6.45) is -3.40. The van der Waals surface area contributed by atoms with Crippen LogP contribution in [0, 0.1) is 5.92 Å². The van der Waals surface area contributed by atoms with E-state index in [0.717, 1.165) is 30.8 Å². The highest BCUT2D eigenvalue weighted by atomic mass is 19.4. The number of hydrogen-bond donors (Lipinski definition) is 1. The number of halogens is 3. The van der Waals surface area contributed by atoms with Gasteiger partial charge in [-0.2, -0.15) is 13.2 Å². The van der Waals surface area contributed by atoms with Crippen molar-refractivity contribution >= 4 is 5.69 Å². The van der Waals surface area contributed by atoms with E-state index in [4.69, 9.17) is 4.74 Å². The molecule has 0 aromatic heterocycles. The predicted octanol–water partition coefficient (Wildman–Crippen LogP) is 4.37. The van der Waals surface area contributed by atoms with Crippen LogP contribution >= 0.6 is 0 Å². The Morgan fingerprint density at radius 1 is 1.05 bits per heavy atom. The van der Waals surface area contributed by atoms with Crippen LogP contribution in [0.5, 0.6) is 5.75 Å². The first kappa shape index (κ1) is 14.8. The minimum Gasteiger partial charge on any atom is -0.493 e. The Morgan fingerprint density at radius 3 is 2.50 bits per heavy atom.